The topological polar surface area (TPSA) is 180 Å². The Morgan fingerprint density at radius 2 is 1.58 bits per heavy atom. The van der Waals surface area contributed by atoms with E-state index in [2.05, 4.69) is 21.3 Å². The molecule has 140 valence electrons. The van der Waals surface area contributed by atoms with E-state index in [1.807, 2.05) is 0 Å². The lowest BCUT2D eigenvalue weighted by molar-refractivity contribution is -0.145. The van der Waals surface area contributed by atoms with Gasteiger partial charge in [-0.25, -0.2) is 0 Å². The van der Waals surface area contributed by atoms with Crippen molar-refractivity contribution < 1.29 is 34.8 Å². The molecule has 1 amide bonds. The summed E-state index contributed by atoms with van der Waals surface area (Å²) in [5.74, 6) is -2.70. The molecule has 2 atom stereocenters. The highest BCUT2D eigenvalue weighted by molar-refractivity contribution is 5.80. The molecule has 11 nitrogen and oxygen atoms in total. The van der Waals surface area contributed by atoms with Crippen LogP contribution in [0.15, 0.2) is 0 Å². The van der Waals surface area contributed by atoms with Crippen LogP contribution in [0.1, 0.15) is 6.42 Å². The van der Waals surface area contributed by atoms with Crippen LogP contribution in [0.3, 0.4) is 0 Å². The van der Waals surface area contributed by atoms with Gasteiger partial charge in [0.15, 0.2) is 0 Å². The molecule has 0 aliphatic rings. The monoisotopic (exact) mass is 350 g/mol. The number of carbonyl (C=O) groups is 3. The number of aliphatic hydroxyl groups excluding tert-OH is 2. The van der Waals surface area contributed by atoms with Gasteiger partial charge in [0.25, 0.3) is 0 Å². The van der Waals surface area contributed by atoms with Crippen LogP contribution < -0.4 is 21.3 Å². The van der Waals surface area contributed by atoms with Gasteiger partial charge in [-0.3, -0.25) is 14.4 Å². The first-order chi connectivity index (χ1) is 11.4. The number of carboxylic acid groups (broad SMARTS) is 2. The number of hydrogen-bond acceptors (Lipinski definition) is 8. The minimum atomic E-state index is -1.21. The van der Waals surface area contributed by atoms with Gasteiger partial charge in [-0.15, -0.1) is 0 Å². The Bertz CT molecular complexity index is 395. The van der Waals surface area contributed by atoms with E-state index in [9.17, 15) is 14.4 Å². The summed E-state index contributed by atoms with van der Waals surface area (Å²) in [5.41, 5.74) is 0. The number of rotatable bonds is 15. The third-order valence-electron chi connectivity index (χ3n) is 2.88. The minimum absolute atomic E-state index is 0.0119. The molecule has 0 aliphatic heterocycles. The molecule has 2 unspecified atom stereocenters. The zero-order chi connectivity index (χ0) is 18.4. The molecule has 0 saturated carbocycles. The van der Waals surface area contributed by atoms with Crippen LogP contribution >= 0.6 is 0 Å². The zero-order valence-corrected chi connectivity index (χ0v) is 13.3. The van der Waals surface area contributed by atoms with E-state index in [0.29, 0.717) is 26.2 Å². The molecule has 0 aromatic carbocycles. The highest BCUT2D eigenvalue weighted by Crippen LogP contribution is 1.91. The quantitative estimate of drug-likeness (QED) is 0.136. The van der Waals surface area contributed by atoms with Crippen LogP contribution in [0.2, 0.25) is 0 Å². The maximum atomic E-state index is 11.3. The predicted molar refractivity (Wildman–Crippen MR) is 83.5 cm³/mol. The van der Waals surface area contributed by atoms with Crippen LogP contribution in [-0.2, 0) is 14.4 Å². The molecule has 0 bridgehead atoms. The van der Waals surface area contributed by atoms with Gasteiger partial charge in [0.2, 0.25) is 5.91 Å². The van der Waals surface area contributed by atoms with Crippen LogP contribution in [0.5, 0.6) is 0 Å². The molecule has 0 aliphatic carbocycles. The molecule has 8 N–H and O–H groups in total. The van der Waals surface area contributed by atoms with Crippen molar-refractivity contribution in [2.45, 2.75) is 18.6 Å². The maximum absolute atomic E-state index is 11.3. The summed E-state index contributed by atoms with van der Waals surface area (Å²) in [6.07, 6.45) is -1.46. The summed E-state index contributed by atoms with van der Waals surface area (Å²) in [6.45, 7) is 1.41. The SMILES string of the molecule is O=C(O)CC(NCCNCCNCC(=O)NCC(O)CO)C(=O)O. The summed E-state index contributed by atoms with van der Waals surface area (Å²) in [5, 5.41) is 45.9. The molecule has 0 radical (unpaired) electrons. The van der Waals surface area contributed by atoms with Crippen LogP contribution in [0.25, 0.3) is 0 Å². The van der Waals surface area contributed by atoms with E-state index in [0.717, 1.165) is 0 Å². The smallest absolute Gasteiger partial charge is 0.321 e. The average Bonchev–Trinajstić information content (AvgIpc) is 2.53. The fourth-order valence-electron chi connectivity index (χ4n) is 1.62. The molecular formula is C13H26N4O7. The second kappa shape index (κ2) is 13.6. The molecular weight excluding hydrogens is 324 g/mol. The first-order valence-electron chi connectivity index (χ1n) is 7.51. The highest BCUT2D eigenvalue weighted by Gasteiger charge is 2.19. The molecule has 0 aromatic rings. The van der Waals surface area contributed by atoms with Gasteiger partial charge >= 0.3 is 11.9 Å². The van der Waals surface area contributed by atoms with Crippen LogP contribution in [-0.4, -0.2) is 96.3 Å². The average molecular weight is 350 g/mol. The number of amides is 1. The van der Waals surface area contributed by atoms with Gasteiger partial charge in [0, 0.05) is 32.7 Å². The standard InChI is InChI=1S/C13H26N4O7/c18-8-9(19)6-17-11(20)7-15-2-1-14-3-4-16-10(13(23)24)5-12(21)22/h9-10,14-16,18-19H,1-8H2,(H,17,20)(H,21,22)(H,23,24). The van der Waals surface area contributed by atoms with E-state index in [4.69, 9.17) is 20.4 Å². The van der Waals surface area contributed by atoms with Crippen molar-refractivity contribution in [2.75, 3.05) is 45.9 Å². The van der Waals surface area contributed by atoms with Crippen LogP contribution in [0, 0.1) is 0 Å². The summed E-state index contributed by atoms with van der Waals surface area (Å²) in [7, 11) is 0. The summed E-state index contributed by atoms with van der Waals surface area (Å²) >= 11 is 0. The van der Waals surface area contributed by atoms with Gasteiger partial charge < -0.3 is 41.7 Å². The normalized spacial score (nSPS) is 13.2. The van der Waals surface area contributed by atoms with E-state index >= 15 is 0 Å². The first-order valence-corrected chi connectivity index (χ1v) is 7.51. The molecule has 0 heterocycles. The molecule has 0 fully saturated rings. The van der Waals surface area contributed by atoms with Gasteiger partial charge in [0.1, 0.15) is 6.04 Å². The van der Waals surface area contributed by atoms with Crippen molar-refractivity contribution in [1.82, 2.24) is 21.3 Å². The van der Waals surface area contributed by atoms with Crippen molar-refractivity contribution in [3.8, 4) is 0 Å². The van der Waals surface area contributed by atoms with Crippen molar-refractivity contribution >= 4 is 17.8 Å². The van der Waals surface area contributed by atoms with Gasteiger partial charge in [0.05, 0.1) is 25.7 Å². The largest absolute Gasteiger partial charge is 0.481 e. The van der Waals surface area contributed by atoms with E-state index in [1.54, 1.807) is 0 Å². The Morgan fingerprint density at radius 3 is 2.17 bits per heavy atom. The Hall–Kier alpha value is -1.79. The van der Waals surface area contributed by atoms with Crippen molar-refractivity contribution in [2.24, 2.45) is 0 Å². The Morgan fingerprint density at radius 1 is 0.958 bits per heavy atom. The predicted octanol–water partition coefficient (Wildman–Crippen LogP) is -3.85. The molecule has 24 heavy (non-hydrogen) atoms. The lowest BCUT2D eigenvalue weighted by Crippen LogP contribution is -2.43. The Balaban J connectivity index is 3.55. The minimum Gasteiger partial charge on any atom is -0.481 e. The highest BCUT2D eigenvalue weighted by atomic mass is 16.4. The number of aliphatic carboxylic acids is 2. The summed E-state index contributed by atoms with van der Waals surface area (Å²) in [4.78, 5) is 32.6. The van der Waals surface area contributed by atoms with Gasteiger partial charge in [-0.2, -0.15) is 0 Å². The second-order valence-electron chi connectivity index (χ2n) is 5.01. The number of aliphatic hydroxyl groups is 2. The summed E-state index contributed by atoms with van der Waals surface area (Å²) < 4.78 is 0. The van der Waals surface area contributed by atoms with Crippen molar-refractivity contribution in [1.29, 1.82) is 0 Å². The second-order valence-corrected chi connectivity index (χ2v) is 5.01. The zero-order valence-electron chi connectivity index (χ0n) is 13.3. The Kier molecular flexibility index (Phi) is 12.6. The Labute approximate surface area is 139 Å². The third kappa shape index (κ3) is 12.7. The molecule has 0 spiro atoms. The fraction of sp³-hybridized carbons (Fsp3) is 0.769. The number of hydrogen-bond donors (Lipinski definition) is 8. The molecule has 0 aromatic heterocycles. The molecule has 11 heteroatoms. The van der Waals surface area contributed by atoms with Gasteiger partial charge in [-0.05, 0) is 0 Å². The number of nitrogens with one attached hydrogen (secondary N) is 4. The van der Waals surface area contributed by atoms with E-state index in [1.165, 1.54) is 0 Å². The van der Waals surface area contributed by atoms with Gasteiger partial charge in [-0.1, -0.05) is 0 Å². The third-order valence-corrected chi connectivity index (χ3v) is 2.88. The molecule has 0 saturated heterocycles. The van der Waals surface area contributed by atoms with Crippen LogP contribution in [0.4, 0.5) is 0 Å². The van der Waals surface area contributed by atoms with Crippen molar-refractivity contribution in [3.05, 3.63) is 0 Å². The lowest BCUT2D eigenvalue weighted by atomic mass is 10.2. The van der Waals surface area contributed by atoms with E-state index < -0.39 is 37.1 Å². The lowest BCUT2D eigenvalue weighted by Gasteiger charge is -2.13. The first kappa shape index (κ1) is 22.2. The van der Waals surface area contributed by atoms with Crippen molar-refractivity contribution in [3.63, 3.8) is 0 Å². The maximum Gasteiger partial charge on any atom is 0.321 e. The van der Waals surface area contributed by atoms with E-state index in [-0.39, 0.29) is 19.0 Å². The summed E-state index contributed by atoms with van der Waals surface area (Å²) in [6, 6.07) is -1.12. The number of carboxylic acids is 2. The molecule has 0 rings (SSSR count). The fourth-order valence-corrected chi connectivity index (χ4v) is 1.62. The number of carbonyl (C=O) groups excluding carboxylic acids is 1.